The van der Waals surface area contributed by atoms with E-state index in [9.17, 15) is 9.59 Å². The third-order valence-corrected chi connectivity index (χ3v) is 3.41. The Balaban J connectivity index is 2.13. The van der Waals surface area contributed by atoms with Gasteiger partial charge in [-0.1, -0.05) is 19.8 Å². The lowest BCUT2D eigenvalue weighted by molar-refractivity contribution is -0.117. The monoisotopic (exact) mass is 288 g/mol. The molecule has 1 aromatic heterocycles. The lowest BCUT2D eigenvalue weighted by atomic mass is 10.1. The van der Waals surface area contributed by atoms with Gasteiger partial charge in [0.2, 0.25) is 0 Å². The second-order valence-corrected chi connectivity index (χ2v) is 4.91. The number of ketones is 1. The second kappa shape index (κ2) is 6.92. The molecule has 0 fully saturated rings. The fourth-order valence-corrected chi connectivity index (χ4v) is 2.19. The van der Waals surface area contributed by atoms with Gasteiger partial charge in [-0.25, -0.2) is 0 Å². The van der Waals surface area contributed by atoms with Gasteiger partial charge in [0.25, 0.3) is 11.7 Å². The van der Waals surface area contributed by atoms with E-state index in [4.69, 9.17) is 4.74 Å². The van der Waals surface area contributed by atoms with Crippen LogP contribution in [0.5, 0.6) is 5.75 Å². The number of unbranched alkanes of at least 4 members (excludes halogenated alkanes) is 2. The molecule has 0 radical (unpaired) electrons. The smallest absolute Gasteiger partial charge is 0.292 e. The molecule has 0 unspecified atom stereocenters. The molecule has 0 atom stereocenters. The minimum atomic E-state index is -0.560. The zero-order valence-corrected chi connectivity index (χ0v) is 12.4. The topological polar surface area (TPSA) is 71.2 Å². The van der Waals surface area contributed by atoms with Gasteiger partial charge in [0.05, 0.1) is 12.7 Å². The number of nitrogens with one attached hydrogen (secondary N) is 2. The van der Waals surface area contributed by atoms with Crippen LogP contribution in [-0.2, 0) is 4.79 Å². The van der Waals surface area contributed by atoms with Gasteiger partial charge in [0.15, 0.2) is 0 Å². The lowest BCUT2D eigenvalue weighted by Crippen LogP contribution is -2.31. The van der Waals surface area contributed by atoms with E-state index >= 15 is 0 Å². The zero-order valence-electron chi connectivity index (χ0n) is 12.4. The number of methoxy groups -OCH3 is 1. The number of aromatic amines is 1. The van der Waals surface area contributed by atoms with Crippen molar-refractivity contribution in [2.24, 2.45) is 0 Å². The average Bonchev–Trinajstić information content (AvgIpc) is 2.93. The van der Waals surface area contributed by atoms with E-state index in [-0.39, 0.29) is 0 Å². The van der Waals surface area contributed by atoms with Crippen LogP contribution >= 0.6 is 0 Å². The molecule has 1 aromatic carbocycles. The number of rotatable bonds is 7. The van der Waals surface area contributed by atoms with E-state index < -0.39 is 11.7 Å². The summed E-state index contributed by atoms with van der Waals surface area (Å²) in [6.07, 6.45) is 4.57. The number of Topliss-reactive ketones (excluding diaryl/α,β-unsaturated/α-hetero) is 1. The van der Waals surface area contributed by atoms with Crippen molar-refractivity contribution in [1.82, 2.24) is 10.3 Å². The van der Waals surface area contributed by atoms with Crippen LogP contribution < -0.4 is 10.1 Å². The van der Waals surface area contributed by atoms with Crippen LogP contribution in [0.1, 0.15) is 36.5 Å². The number of carbonyl (C=O) groups is 2. The molecule has 2 N–H and O–H groups in total. The van der Waals surface area contributed by atoms with Crippen LogP contribution in [0.4, 0.5) is 0 Å². The van der Waals surface area contributed by atoms with Gasteiger partial charge in [-0.3, -0.25) is 9.59 Å². The molecule has 2 rings (SSSR count). The van der Waals surface area contributed by atoms with Crippen LogP contribution in [0.15, 0.2) is 24.4 Å². The quantitative estimate of drug-likeness (QED) is 0.467. The van der Waals surface area contributed by atoms with Crippen LogP contribution in [-0.4, -0.2) is 30.3 Å². The van der Waals surface area contributed by atoms with Gasteiger partial charge in [0.1, 0.15) is 5.75 Å². The summed E-state index contributed by atoms with van der Waals surface area (Å²) in [7, 11) is 1.57. The van der Waals surface area contributed by atoms with Gasteiger partial charge < -0.3 is 15.0 Å². The number of aromatic nitrogens is 1. The first-order valence-corrected chi connectivity index (χ1v) is 7.15. The van der Waals surface area contributed by atoms with E-state index in [2.05, 4.69) is 17.2 Å². The molecule has 0 bridgehead atoms. The number of carbonyl (C=O) groups excluding carboxylic acids is 2. The Morgan fingerprint density at radius 3 is 2.81 bits per heavy atom. The molecule has 1 heterocycles. The van der Waals surface area contributed by atoms with Crippen molar-refractivity contribution in [2.75, 3.05) is 13.7 Å². The maximum absolute atomic E-state index is 12.2. The highest BCUT2D eigenvalue weighted by molar-refractivity contribution is 6.44. The first kappa shape index (κ1) is 15.1. The summed E-state index contributed by atoms with van der Waals surface area (Å²) in [5.74, 6) is -0.430. The van der Waals surface area contributed by atoms with Crippen LogP contribution in [0.25, 0.3) is 10.9 Å². The van der Waals surface area contributed by atoms with E-state index in [1.54, 1.807) is 25.4 Å². The van der Waals surface area contributed by atoms with Crippen molar-refractivity contribution in [3.05, 3.63) is 30.0 Å². The molecule has 112 valence electrons. The minimum absolute atomic E-state index is 0.372. The van der Waals surface area contributed by atoms with E-state index in [1.165, 1.54) is 0 Å². The molecule has 21 heavy (non-hydrogen) atoms. The Morgan fingerprint density at radius 1 is 1.29 bits per heavy atom. The van der Waals surface area contributed by atoms with Crippen LogP contribution in [0.2, 0.25) is 0 Å². The summed E-state index contributed by atoms with van der Waals surface area (Å²) >= 11 is 0. The molecule has 0 saturated carbocycles. The number of H-pyrrole nitrogens is 1. The molecule has 1 amide bonds. The lowest BCUT2D eigenvalue weighted by Gasteiger charge is -2.04. The predicted molar refractivity (Wildman–Crippen MR) is 81.7 cm³/mol. The summed E-state index contributed by atoms with van der Waals surface area (Å²) in [6.45, 7) is 2.62. The Hall–Kier alpha value is -2.30. The predicted octanol–water partition coefficient (Wildman–Crippen LogP) is 2.67. The molecule has 5 heteroatoms. The summed E-state index contributed by atoms with van der Waals surface area (Å²) in [5.41, 5.74) is 1.18. The molecule has 0 aliphatic rings. The highest BCUT2D eigenvalue weighted by Crippen LogP contribution is 2.23. The molecule has 0 aliphatic carbocycles. The van der Waals surface area contributed by atoms with Crippen molar-refractivity contribution < 1.29 is 14.3 Å². The maximum atomic E-state index is 12.2. The first-order valence-electron chi connectivity index (χ1n) is 7.15. The number of amides is 1. The summed E-state index contributed by atoms with van der Waals surface area (Å²) in [6, 6.07) is 5.38. The SMILES string of the molecule is CCCCCNC(=O)C(=O)c1c[nH]c2ccc(OC)cc12. The standard InChI is InChI=1S/C16H20N2O3/c1-3-4-5-8-17-16(20)15(19)13-10-18-14-7-6-11(21-2)9-12(13)14/h6-7,9-10,18H,3-5,8H2,1-2H3,(H,17,20). The number of fused-ring (bicyclic) bond motifs is 1. The van der Waals surface area contributed by atoms with Crippen molar-refractivity contribution in [2.45, 2.75) is 26.2 Å². The maximum Gasteiger partial charge on any atom is 0.292 e. The van der Waals surface area contributed by atoms with Gasteiger partial charge in [-0.05, 0) is 24.6 Å². The molecule has 0 spiro atoms. The van der Waals surface area contributed by atoms with E-state index in [0.29, 0.717) is 23.2 Å². The molecule has 0 aliphatic heterocycles. The fourth-order valence-electron chi connectivity index (χ4n) is 2.19. The Bertz CT molecular complexity index is 646. The Kier molecular flexibility index (Phi) is 4.98. The molecule has 5 nitrogen and oxygen atoms in total. The van der Waals surface area contributed by atoms with Crippen molar-refractivity contribution in [3.63, 3.8) is 0 Å². The number of ether oxygens (including phenoxy) is 1. The van der Waals surface area contributed by atoms with Gasteiger partial charge in [-0.2, -0.15) is 0 Å². The molecular weight excluding hydrogens is 268 g/mol. The Morgan fingerprint density at radius 2 is 2.10 bits per heavy atom. The van der Waals surface area contributed by atoms with Crippen LogP contribution in [0, 0.1) is 0 Å². The normalized spacial score (nSPS) is 10.6. The van der Waals surface area contributed by atoms with Crippen LogP contribution in [0.3, 0.4) is 0 Å². The highest BCUT2D eigenvalue weighted by Gasteiger charge is 2.19. The largest absolute Gasteiger partial charge is 0.497 e. The Labute approximate surface area is 123 Å². The summed E-state index contributed by atoms with van der Waals surface area (Å²) in [5, 5.41) is 3.36. The van der Waals surface area contributed by atoms with Gasteiger partial charge in [-0.15, -0.1) is 0 Å². The van der Waals surface area contributed by atoms with Crippen molar-refractivity contribution in [1.29, 1.82) is 0 Å². The third kappa shape index (κ3) is 3.42. The summed E-state index contributed by atoms with van der Waals surface area (Å²) in [4.78, 5) is 27.1. The van der Waals surface area contributed by atoms with Crippen molar-refractivity contribution in [3.8, 4) is 5.75 Å². The van der Waals surface area contributed by atoms with E-state index in [0.717, 1.165) is 24.8 Å². The third-order valence-electron chi connectivity index (χ3n) is 3.41. The molecular formula is C16H20N2O3. The highest BCUT2D eigenvalue weighted by atomic mass is 16.5. The first-order chi connectivity index (χ1) is 10.2. The molecule has 0 saturated heterocycles. The fraction of sp³-hybridized carbons (Fsp3) is 0.375. The minimum Gasteiger partial charge on any atom is -0.497 e. The van der Waals surface area contributed by atoms with E-state index in [1.807, 2.05) is 6.07 Å². The number of benzene rings is 1. The van der Waals surface area contributed by atoms with Gasteiger partial charge in [0, 0.05) is 23.6 Å². The zero-order chi connectivity index (χ0) is 15.2. The average molecular weight is 288 g/mol. The second-order valence-electron chi connectivity index (χ2n) is 4.91. The van der Waals surface area contributed by atoms with Gasteiger partial charge >= 0.3 is 0 Å². The molecule has 2 aromatic rings. The number of hydrogen-bond acceptors (Lipinski definition) is 3. The number of hydrogen-bond donors (Lipinski definition) is 2. The van der Waals surface area contributed by atoms with Crippen molar-refractivity contribution >= 4 is 22.6 Å². The summed E-state index contributed by atoms with van der Waals surface area (Å²) < 4.78 is 5.15.